The number of carbonyl (C=O) groups excluding carboxylic acids is 3. The van der Waals surface area contributed by atoms with Gasteiger partial charge in [0, 0.05) is 19.3 Å². The molecular weight excluding hydrogens is 853 g/mol. The van der Waals surface area contributed by atoms with Crippen LogP contribution < -0.4 is 0 Å². The Balaban J connectivity index is 4.32. The molecule has 1 unspecified atom stereocenters. The number of ether oxygens (including phenoxy) is 3. The van der Waals surface area contributed by atoms with Crippen molar-refractivity contribution in [1.29, 1.82) is 0 Å². The first-order valence-electron chi connectivity index (χ1n) is 30.5. The van der Waals surface area contributed by atoms with E-state index in [4.69, 9.17) is 14.2 Å². The number of esters is 3. The van der Waals surface area contributed by atoms with Crippen LogP contribution in [0.5, 0.6) is 0 Å². The van der Waals surface area contributed by atoms with Crippen LogP contribution in [0.15, 0.2) is 36.5 Å². The largest absolute Gasteiger partial charge is 0.462 e. The predicted molar refractivity (Wildman–Crippen MR) is 298 cm³/mol. The summed E-state index contributed by atoms with van der Waals surface area (Å²) in [5.41, 5.74) is 0. The summed E-state index contributed by atoms with van der Waals surface area (Å²) in [6, 6.07) is 0. The highest BCUT2D eigenvalue weighted by atomic mass is 16.6. The third-order valence-corrected chi connectivity index (χ3v) is 13.6. The summed E-state index contributed by atoms with van der Waals surface area (Å²) < 4.78 is 16.9. The quantitative estimate of drug-likeness (QED) is 0.0261. The minimum absolute atomic E-state index is 0.0742. The summed E-state index contributed by atoms with van der Waals surface area (Å²) in [7, 11) is 0. The molecule has 0 aromatic carbocycles. The van der Waals surface area contributed by atoms with Gasteiger partial charge >= 0.3 is 17.9 Å². The fourth-order valence-electron chi connectivity index (χ4n) is 9.00. The van der Waals surface area contributed by atoms with E-state index in [1.54, 1.807) is 0 Å². The maximum atomic E-state index is 12.9. The molecule has 6 heteroatoms. The van der Waals surface area contributed by atoms with Gasteiger partial charge in [-0.15, -0.1) is 0 Å². The second-order valence-electron chi connectivity index (χ2n) is 20.6. The molecule has 0 aromatic rings. The van der Waals surface area contributed by atoms with Gasteiger partial charge in [0.2, 0.25) is 0 Å². The molecule has 69 heavy (non-hydrogen) atoms. The molecule has 0 spiro atoms. The third-order valence-electron chi connectivity index (χ3n) is 13.6. The van der Waals surface area contributed by atoms with Crippen LogP contribution in [0.4, 0.5) is 0 Å². The van der Waals surface area contributed by atoms with Crippen molar-refractivity contribution in [1.82, 2.24) is 0 Å². The Hall–Kier alpha value is -2.37. The lowest BCUT2D eigenvalue weighted by molar-refractivity contribution is -0.167. The Kier molecular flexibility index (Phi) is 56.2. The molecule has 0 aliphatic carbocycles. The standard InChI is InChI=1S/C63H116O6/c1-4-7-10-13-16-19-22-25-27-29-31-32-34-35-38-41-44-47-50-53-56-62(65)68-59-60(58-67-61(64)55-52-49-46-43-40-37-24-21-18-15-12-9-6-3)69-63(66)57-54-51-48-45-42-39-36-33-30-28-26-23-20-17-14-11-8-5-2/h20-21,23-24,28,30,60H,4-19,22,25-27,29,31-59H2,1-3H3/b23-20-,24-21-,30-28-. The number of unbranched alkanes of at least 4 members (excludes halogenated alkanes) is 39. The van der Waals surface area contributed by atoms with Gasteiger partial charge in [-0.3, -0.25) is 14.4 Å². The lowest BCUT2D eigenvalue weighted by atomic mass is 10.0. The fourth-order valence-corrected chi connectivity index (χ4v) is 9.00. The third kappa shape index (κ3) is 56.4. The molecule has 0 bridgehead atoms. The maximum absolute atomic E-state index is 12.9. The van der Waals surface area contributed by atoms with E-state index < -0.39 is 6.10 Å². The molecule has 0 N–H and O–H groups in total. The summed E-state index contributed by atoms with van der Waals surface area (Å²) in [4.78, 5) is 38.2. The van der Waals surface area contributed by atoms with E-state index in [0.717, 1.165) is 77.0 Å². The minimum atomic E-state index is -0.777. The van der Waals surface area contributed by atoms with E-state index in [-0.39, 0.29) is 31.1 Å². The molecule has 0 saturated carbocycles. The van der Waals surface area contributed by atoms with E-state index in [1.807, 2.05) is 0 Å². The van der Waals surface area contributed by atoms with Crippen molar-refractivity contribution in [2.75, 3.05) is 13.2 Å². The van der Waals surface area contributed by atoms with Crippen LogP contribution in [-0.4, -0.2) is 37.2 Å². The van der Waals surface area contributed by atoms with E-state index in [9.17, 15) is 14.4 Å². The van der Waals surface area contributed by atoms with Crippen molar-refractivity contribution in [3.63, 3.8) is 0 Å². The van der Waals surface area contributed by atoms with Gasteiger partial charge in [0.25, 0.3) is 0 Å². The number of hydrogen-bond acceptors (Lipinski definition) is 6. The zero-order chi connectivity index (χ0) is 50.0. The van der Waals surface area contributed by atoms with Crippen molar-refractivity contribution in [2.45, 2.75) is 335 Å². The van der Waals surface area contributed by atoms with Crippen molar-refractivity contribution in [3.05, 3.63) is 36.5 Å². The number of allylic oxidation sites excluding steroid dienone is 6. The van der Waals surface area contributed by atoms with Gasteiger partial charge in [0.05, 0.1) is 0 Å². The summed E-state index contributed by atoms with van der Waals surface area (Å²) >= 11 is 0. The highest BCUT2D eigenvalue weighted by Gasteiger charge is 2.19. The Labute approximate surface area is 429 Å². The SMILES string of the molecule is CCCCCC/C=C\C/C=C\CCCCCCCCCC(=O)OC(COC(=O)CCCCCCC/C=C\CCCCCC)COC(=O)CCCCCCCCCCCCCCCCCCCCCC. The van der Waals surface area contributed by atoms with Crippen LogP contribution in [-0.2, 0) is 28.6 Å². The van der Waals surface area contributed by atoms with Crippen molar-refractivity contribution in [3.8, 4) is 0 Å². The number of hydrogen-bond donors (Lipinski definition) is 0. The van der Waals surface area contributed by atoms with Gasteiger partial charge in [-0.2, -0.15) is 0 Å². The Morgan fingerprint density at radius 1 is 0.290 bits per heavy atom. The highest BCUT2D eigenvalue weighted by molar-refractivity contribution is 5.71. The van der Waals surface area contributed by atoms with E-state index >= 15 is 0 Å². The molecule has 0 saturated heterocycles. The Morgan fingerprint density at radius 3 is 0.826 bits per heavy atom. The average Bonchev–Trinajstić information content (AvgIpc) is 3.35. The zero-order valence-corrected chi connectivity index (χ0v) is 46.3. The molecule has 0 aliphatic heterocycles. The van der Waals surface area contributed by atoms with Crippen LogP contribution in [0.3, 0.4) is 0 Å². The van der Waals surface area contributed by atoms with Crippen LogP contribution in [0.25, 0.3) is 0 Å². The molecular formula is C63H116O6. The van der Waals surface area contributed by atoms with Crippen LogP contribution >= 0.6 is 0 Å². The van der Waals surface area contributed by atoms with Gasteiger partial charge in [-0.1, -0.05) is 269 Å². The summed E-state index contributed by atoms with van der Waals surface area (Å²) in [6.45, 7) is 6.65. The Morgan fingerprint density at radius 2 is 0.522 bits per heavy atom. The van der Waals surface area contributed by atoms with Gasteiger partial charge in [0.15, 0.2) is 6.10 Å². The van der Waals surface area contributed by atoms with Crippen LogP contribution in [0, 0.1) is 0 Å². The van der Waals surface area contributed by atoms with E-state index in [1.165, 1.54) is 212 Å². The molecule has 0 heterocycles. The lowest BCUT2D eigenvalue weighted by Crippen LogP contribution is -2.30. The fraction of sp³-hybridized carbons (Fsp3) is 0.857. The molecule has 404 valence electrons. The van der Waals surface area contributed by atoms with E-state index in [0.29, 0.717) is 19.3 Å². The van der Waals surface area contributed by atoms with Gasteiger partial charge in [-0.05, 0) is 77.0 Å². The van der Waals surface area contributed by atoms with Crippen molar-refractivity contribution >= 4 is 17.9 Å². The summed E-state index contributed by atoms with van der Waals surface area (Å²) in [6.07, 6.45) is 70.0. The number of rotatable bonds is 56. The maximum Gasteiger partial charge on any atom is 0.306 e. The molecule has 1 atom stereocenters. The topological polar surface area (TPSA) is 78.9 Å². The first kappa shape index (κ1) is 66.6. The monoisotopic (exact) mass is 969 g/mol. The smallest absolute Gasteiger partial charge is 0.306 e. The van der Waals surface area contributed by atoms with Gasteiger partial charge in [-0.25, -0.2) is 0 Å². The second kappa shape index (κ2) is 58.2. The first-order chi connectivity index (χ1) is 34.0. The minimum Gasteiger partial charge on any atom is -0.462 e. The first-order valence-corrected chi connectivity index (χ1v) is 30.5. The van der Waals surface area contributed by atoms with Crippen LogP contribution in [0.2, 0.25) is 0 Å². The predicted octanol–water partition coefficient (Wildman–Crippen LogP) is 20.4. The van der Waals surface area contributed by atoms with Gasteiger partial charge < -0.3 is 14.2 Å². The Bertz CT molecular complexity index is 1160. The molecule has 0 fully saturated rings. The lowest BCUT2D eigenvalue weighted by Gasteiger charge is -2.18. The number of carbonyl (C=O) groups is 3. The zero-order valence-electron chi connectivity index (χ0n) is 46.3. The van der Waals surface area contributed by atoms with Gasteiger partial charge in [0.1, 0.15) is 13.2 Å². The molecule has 0 amide bonds. The molecule has 0 aliphatic rings. The molecule has 0 aromatic heterocycles. The highest BCUT2D eigenvalue weighted by Crippen LogP contribution is 2.17. The molecule has 6 nitrogen and oxygen atoms in total. The van der Waals surface area contributed by atoms with Crippen molar-refractivity contribution in [2.24, 2.45) is 0 Å². The van der Waals surface area contributed by atoms with Crippen molar-refractivity contribution < 1.29 is 28.6 Å². The summed E-state index contributed by atoms with van der Waals surface area (Å²) in [5.74, 6) is -0.871. The molecule has 0 radical (unpaired) electrons. The summed E-state index contributed by atoms with van der Waals surface area (Å²) in [5, 5.41) is 0. The molecule has 0 rings (SSSR count). The average molecular weight is 970 g/mol. The van der Waals surface area contributed by atoms with E-state index in [2.05, 4.69) is 57.2 Å². The normalized spacial score (nSPS) is 12.2. The second-order valence-corrected chi connectivity index (χ2v) is 20.6. The van der Waals surface area contributed by atoms with Crippen LogP contribution in [0.1, 0.15) is 329 Å².